The Morgan fingerprint density at radius 1 is 1.38 bits per heavy atom. The van der Waals surface area contributed by atoms with Gasteiger partial charge in [0.25, 0.3) is 0 Å². The molecule has 3 heterocycles. The lowest BCUT2D eigenvalue weighted by Crippen LogP contribution is -2.55. The first-order chi connectivity index (χ1) is 11.6. The molecule has 6 nitrogen and oxygen atoms in total. The molecule has 24 heavy (non-hydrogen) atoms. The first kappa shape index (κ1) is 17.2. The van der Waals surface area contributed by atoms with E-state index in [0.29, 0.717) is 19.7 Å². The van der Waals surface area contributed by atoms with E-state index in [9.17, 15) is 4.79 Å². The highest BCUT2D eigenvalue weighted by Gasteiger charge is 2.27. The summed E-state index contributed by atoms with van der Waals surface area (Å²) in [5.74, 6) is 1.83. The molecular weight excluding hydrogens is 304 g/mol. The zero-order valence-electron chi connectivity index (χ0n) is 14.6. The molecular formula is C18H28N4O2. The average Bonchev–Trinajstić information content (AvgIpc) is 2.61. The van der Waals surface area contributed by atoms with Gasteiger partial charge in [0.1, 0.15) is 11.9 Å². The maximum absolute atomic E-state index is 12.2. The minimum absolute atomic E-state index is 0.0173. The van der Waals surface area contributed by atoms with Crippen LogP contribution < -0.4 is 15.5 Å². The van der Waals surface area contributed by atoms with Gasteiger partial charge in [-0.15, -0.1) is 0 Å². The van der Waals surface area contributed by atoms with Crippen molar-refractivity contribution in [1.82, 2.24) is 15.6 Å². The molecule has 2 aliphatic heterocycles. The van der Waals surface area contributed by atoms with E-state index in [4.69, 9.17) is 4.74 Å². The van der Waals surface area contributed by atoms with Gasteiger partial charge >= 0.3 is 0 Å². The first-order valence-corrected chi connectivity index (χ1v) is 8.96. The maximum atomic E-state index is 12.2. The van der Waals surface area contributed by atoms with Gasteiger partial charge in [0.15, 0.2) is 0 Å². The van der Waals surface area contributed by atoms with Gasteiger partial charge in [0.05, 0.1) is 12.7 Å². The molecule has 2 N–H and O–H groups in total. The number of pyridine rings is 1. The van der Waals surface area contributed by atoms with E-state index in [1.165, 1.54) is 12.8 Å². The second-order valence-electron chi connectivity index (χ2n) is 6.92. The second kappa shape index (κ2) is 7.94. The predicted molar refractivity (Wildman–Crippen MR) is 93.9 cm³/mol. The van der Waals surface area contributed by atoms with Crippen molar-refractivity contribution in [3.8, 4) is 0 Å². The number of ether oxygens (including phenoxy) is 1. The molecule has 0 unspecified atom stereocenters. The van der Waals surface area contributed by atoms with Crippen LogP contribution in [0.25, 0.3) is 0 Å². The van der Waals surface area contributed by atoms with E-state index in [-0.39, 0.29) is 18.1 Å². The van der Waals surface area contributed by atoms with Gasteiger partial charge in [0.2, 0.25) is 5.91 Å². The highest BCUT2D eigenvalue weighted by molar-refractivity contribution is 5.82. The summed E-state index contributed by atoms with van der Waals surface area (Å²) in [5.41, 5.74) is 1.02. The highest BCUT2D eigenvalue weighted by atomic mass is 16.5. The molecule has 0 radical (unpaired) electrons. The standard InChI is InChI=1S/C18H28N4O2/c1-13-5-8-22(9-6-13)16-4-3-15(11-20-16)12-21-18(23)17-14(2)24-10-7-19-17/h3-4,11,13-14,17,19H,5-10,12H2,1-2H3,(H,21,23)/t14-,17+/m1/s1. The number of amides is 1. The molecule has 1 aromatic rings. The van der Waals surface area contributed by atoms with E-state index in [0.717, 1.165) is 30.4 Å². The van der Waals surface area contributed by atoms with Crippen LogP contribution in [0.3, 0.4) is 0 Å². The van der Waals surface area contributed by atoms with Gasteiger partial charge in [0, 0.05) is 32.4 Å². The zero-order valence-corrected chi connectivity index (χ0v) is 14.6. The van der Waals surface area contributed by atoms with Gasteiger partial charge in [-0.25, -0.2) is 4.98 Å². The SMILES string of the molecule is CC1CCN(c2ccc(CNC(=O)[C@H]3NCCO[C@@H]3C)cn2)CC1. The largest absolute Gasteiger partial charge is 0.375 e. The Bertz CT molecular complexity index is 540. The van der Waals surface area contributed by atoms with Crippen LogP contribution in [0.1, 0.15) is 32.3 Å². The summed E-state index contributed by atoms with van der Waals surface area (Å²) in [6.07, 6.45) is 4.23. The summed E-state index contributed by atoms with van der Waals surface area (Å²) in [4.78, 5) is 19.2. The van der Waals surface area contributed by atoms with E-state index >= 15 is 0 Å². The minimum Gasteiger partial charge on any atom is -0.375 e. The lowest BCUT2D eigenvalue weighted by atomic mass is 9.99. The topological polar surface area (TPSA) is 66.5 Å². The van der Waals surface area contributed by atoms with Crippen LogP contribution >= 0.6 is 0 Å². The number of carbonyl (C=O) groups is 1. The van der Waals surface area contributed by atoms with E-state index in [1.54, 1.807) is 0 Å². The molecule has 132 valence electrons. The molecule has 2 fully saturated rings. The van der Waals surface area contributed by atoms with Gasteiger partial charge in [-0.3, -0.25) is 4.79 Å². The number of hydrogen-bond donors (Lipinski definition) is 2. The zero-order chi connectivity index (χ0) is 16.9. The minimum atomic E-state index is -0.277. The van der Waals surface area contributed by atoms with Crippen molar-refractivity contribution < 1.29 is 9.53 Å². The normalized spacial score (nSPS) is 25.5. The van der Waals surface area contributed by atoms with Crippen LogP contribution in [-0.2, 0) is 16.1 Å². The third-order valence-corrected chi connectivity index (χ3v) is 4.98. The van der Waals surface area contributed by atoms with E-state index in [1.807, 2.05) is 13.1 Å². The van der Waals surface area contributed by atoms with Gasteiger partial charge in [-0.05, 0) is 37.3 Å². The molecule has 0 saturated carbocycles. The van der Waals surface area contributed by atoms with Gasteiger partial charge in [-0.1, -0.05) is 13.0 Å². The number of piperidine rings is 1. The van der Waals surface area contributed by atoms with Crippen molar-refractivity contribution in [2.75, 3.05) is 31.1 Å². The van der Waals surface area contributed by atoms with Crippen LogP contribution in [0.2, 0.25) is 0 Å². The average molecular weight is 332 g/mol. The predicted octanol–water partition coefficient (Wildman–Crippen LogP) is 1.31. The fraction of sp³-hybridized carbons (Fsp3) is 0.667. The molecule has 0 aliphatic carbocycles. The third-order valence-electron chi connectivity index (χ3n) is 4.98. The smallest absolute Gasteiger partial charge is 0.240 e. The van der Waals surface area contributed by atoms with Crippen molar-refractivity contribution >= 4 is 11.7 Å². The Hall–Kier alpha value is -1.66. The summed E-state index contributed by atoms with van der Waals surface area (Å²) >= 11 is 0. The molecule has 6 heteroatoms. The molecule has 2 saturated heterocycles. The Balaban J connectivity index is 1.50. The Morgan fingerprint density at radius 3 is 2.83 bits per heavy atom. The molecule has 0 aromatic carbocycles. The summed E-state index contributed by atoms with van der Waals surface area (Å²) in [7, 11) is 0. The summed E-state index contributed by atoms with van der Waals surface area (Å²) in [5, 5.41) is 6.17. The molecule has 1 aromatic heterocycles. The van der Waals surface area contributed by atoms with Gasteiger partial charge < -0.3 is 20.3 Å². The number of morpholine rings is 1. The van der Waals surface area contributed by atoms with Crippen molar-refractivity contribution in [1.29, 1.82) is 0 Å². The fourth-order valence-corrected chi connectivity index (χ4v) is 3.27. The van der Waals surface area contributed by atoms with Crippen LogP contribution in [0.5, 0.6) is 0 Å². The molecule has 1 amide bonds. The number of anilines is 1. The lowest BCUT2D eigenvalue weighted by Gasteiger charge is -2.31. The number of nitrogens with zero attached hydrogens (tertiary/aromatic N) is 2. The van der Waals surface area contributed by atoms with Crippen molar-refractivity contribution in [2.45, 2.75) is 45.4 Å². The van der Waals surface area contributed by atoms with Crippen molar-refractivity contribution in [2.24, 2.45) is 5.92 Å². The maximum Gasteiger partial charge on any atom is 0.240 e. The van der Waals surface area contributed by atoms with Crippen molar-refractivity contribution in [3.63, 3.8) is 0 Å². The number of carbonyl (C=O) groups excluding carboxylic acids is 1. The lowest BCUT2D eigenvalue weighted by molar-refractivity contribution is -0.129. The van der Waals surface area contributed by atoms with Crippen LogP contribution in [-0.4, -0.2) is 49.3 Å². The molecule has 3 rings (SSSR count). The third kappa shape index (κ3) is 4.24. The number of aromatic nitrogens is 1. The fourth-order valence-electron chi connectivity index (χ4n) is 3.27. The number of rotatable bonds is 4. The van der Waals surface area contributed by atoms with Gasteiger partial charge in [-0.2, -0.15) is 0 Å². The quantitative estimate of drug-likeness (QED) is 0.870. The highest BCUT2D eigenvalue weighted by Crippen LogP contribution is 2.21. The molecule has 0 spiro atoms. The number of nitrogens with one attached hydrogen (secondary N) is 2. The van der Waals surface area contributed by atoms with Crippen LogP contribution in [0.4, 0.5) is 5.82 Å². The van der Waals surface area contributed by atoms with Crippen LogP contribution in [0, 0.1) is 5.92 Å². The van der Waals surface area contributed by atoms with Crippen LogP contribution in [0.15, 0.2) is 18.3 Å². The second-order valence-corrected chi connectivity index (χ2v) is 6.92. The molecule has 2 aliphatic rings. The van der Waals surface area contributed by atoms with Crippen molar-refractivity contribution in [3.05, 3.63) is 23.9 Å². The molecule has 0 bridgehead atoms. The van der Waals surface area contributed by atoms with E-state index < -0.39 is 0 Å². The summed E-state index contributed by atoms with van der Waals surface area (Å²) in [6.45, 7) is 8.26. The monoisotopic (exact) mass is 332 g/mol. The Morgan fingerprint density at radius 2 is 2.17 bits per heavy atom. The Kier molecular flexibility index (Phi) is 5.68. The Labute approximate surface area is 144 Å². The van der Waals surface area contributed by atoms with E-state index in [2.05, 4.69) is 39.6 Å². The summed E-state index contributed by atoms with van der Waals surface area (Å²) in [6, 6.07) is 3.83. The first-order valence-electron chi connectivity index (χ1n) is 8.96. The molecule has 2 atom stereocenters. The number of hydrogen-bond acceptors (Lipinski definition) is 5. The summed E-state index contributed by atoms with van der Waals surface area (Å²) < 4.78 is 5.51.